The average molecular weight is 288 g/mol. The van der Waals surface area contributed by atoms with E-state index in [9.17, 15) is 0 Å². The number of aliphatic imine (C=N–C) groups is 1. The Labute approximate surface area is 123 Å². The third kappa shape index (κ3) is 12.2. The van der Waals surface area contributed by atoms with Crippen molar-refractivity contribution in [2.75, 3.05) is 66.7 Å². The van der Waals surface area contributed by atoms with Crippen LogP contribution in [0.25, 0.3) is 0 Å². The molecule has 0 aliphatic rings. The lowest BCUT2D eigenvalue weighted by atomic mass is 10.4. The van der Waals surface area contributed by atoms with Crippen molar-refractivity contribution < 1.29 is 9.47 Å². The SMILES string of the molecule is CCNC(=NCCCOCCOC)NCCN(C)CC. The van der Waals surface area contributed by atoms with Crippen LogP contribution in [0.4, 0.5) is 0 Å². The number of guanidine groups is 1. The molecule has 0 aromatic carbocycles. The first-order chi connectivity index (χ1) is 9.74. The van der Waals surface area contributed by atoms with Crippen LogP contribution in [0.1, 0.15) is 20.3 Å². The lowest BCUT2D eigenvalue weighted by molar-refractivity contribution is 0.0702. The van der Waals surface area contributed by atoms with Crippen LogP contribution in [-0.2, 0) is 9.47 Å². The van der Waals surface area contributed by atoms with E-state index in [1.165, 1.54) is 0 Å². The molecule has 0 fully saturated rings. The van der Waals surface area contributed by atoms with Crippen LogP contribution < -0.4 is 10.6 Å². The van der Waals surface area contributed by atoms with Gasteiger partial charge in [-0.25, -0.2) is 0 Å². The molecule has 2 N–H and O–H groups in total. The maximum atomic E-state index is 5.40. The van der Waals surface area contributed by atoms with E-state index in [1.54, 1.807) is 7.11 Å². The van der Waals surface area contributed by atoms with E-state index in [0.29, 0.717) is 13.2 Å². The van der Waals surface area contributed by atoms with Gasteiger partial charge >= 0.3 is 0 Å². The van der Waals surface area contributed by atoms with Gasteiger partial charge in [0.1, 0.15) is 0 Å². The van der Waals surface area contributed by atoms with E-state index in [4.69, 9.17) is 9.47 Å². The molecule has 0 heterocycles. The highest BCUT2D eigenvalue weighted by molar-refractivity contribution is 5.79. The second-order valence-corrected chi connectivity index (χ2v) is 4.54. The molecule has 20 heavy (non-hydrogen) atoms. The molecular weight excluding hydrogens is 256 g/mol. The summed E-state index contributed by atoms with van der Waals surface area (Å²) in [5, 5.41) is 6.58. The Morgan fingerprint density at radius 3 is 2.60 bits per heavy atom. The van der Waals surface area contributed by atoms with Gasteiger partial charge in [-0.3, -0.25) is 4.99 Å². The highest BCUT2D eigenvalue weighted by Gasteiger charge is 1.98. The molecule has 0 spiro atoms. The minimum absolute atomic E-state index is 0.651. The van der Waals surface area contributed by atoms with Crippen molar-refractivity contribution in [3.63, 3.8) is 0 Å². The number of likely N-dealkylation sites (N-methyl/N-ethyl adjacent to an activating group) is 1. The van der Waals surface area contributed by atoms with E-state index < -0.39 is 0 Å². The maximum Gasteiger partial charge on any atom is 0.191 e. The molecule has 0 aromatic heterocycles. The van der Waals surface area contributed by atoms with Crippen molar-refractivity contribution in [2.24, 2.45) is 4.99 Å². The summed E-state index contributed by atoms with van der Waals surface area (Å²) in [6.45, 7) is 10.9. The third-order valence-electron chi connectivity index (χ3n) is 2.82. The molecule has 0 saturated heterocycles. The molecule has 0 unspecified atom stereocenters. The first-order valence-corrected chi connectivity index (χ1v) is 7.52. The molecule has 0 aliphatic carbocycles. The van der Waals surface area contributed by atoms with E-state index in [-0.39, 0.29) is 0 Å². The van der Waals surface area contributed by atoms with Crippen molar-refractivity contribution in [1.82, 2.24) is 15.5 Å². The number of rotatable bonds is 12. The Balaban J connectivity index is 3.72. The Morgan fingerprint density at radius 2 is 1.95 bits per heavy atom. The van der Waals surface area contributed by atoms with Crippen LogP contribution in [0.5, 0.6) is 0 Å². The van der Waals surface area contributed by atoms with Crippen LogP contribution in [0, 0.1) is 0 Å². The molecule has 0 amide bonds. The molecule has 6 nitrogen and oxygen atoms in total. The zero-order chi connectivity index (χ0) is 15.1. The topological polar surface area (TPSA) is 58.1 Å². The highest BCUT2D eigenvalue weighted by atomic mass is 16.5. The minimum Gasteiger partial charge on any atom is -0.382 e. The van der Waals surface area contributed by atoms with Gasteiger partial charge in [0.05, 0.1) is 13.2 Å². The summed E-state index contributed by atoms with van der Waals surface area (Å²) < 4.78 is 10.3. The Bertz CT molecular complexity index is 237. The predicted octanol–water partition coefficient (Wildman–Crippen LogP) is 0.546. The van der Waals surface area contributed by atoms with Crippen molar-refractivity contribution in [3.8, 4) is 0 Å². The largest absolute Gasteiger partial charge is 0.382 e. The van der Waals surface area contributed by atoms with Gasteiger partial charge in [0.25, 0.3) is 0 Å². The molecule has 0 aromatic rings. The number of hydrogen-bond acceptors (Lipinski definition) is 4. The number of nitrogens with one attached hydrogen (secondary N) is 2. The smallest absolute Gasteiger partial charge is 0.191 e. The number of ether oxygens (including phenoxy) is 2. The van der Waals surface area contributed by atoms with Crippen molar-refractivity contribution in [2.45, 2.75) is 20.3 Å². The number of methoxy groups -OCH3 is 1. The third-order valence-corrected chi connectivity index (χ3v) is 2.82. The van der Waals surface area contributed by atoms with Gasteiger partial charge in [0.15, 0.2) is 5.96 Å². The van der Waals surface area contributed by atoms with E-state index in [0.717, 1.165) is 51.7 Å². The fourth-order valence-electron chi connectivity index (χ4n) is 1.47. The van der Waals surface area contributed by atoms with Gasteiger partial charge in [0, 0.05) is 39.9 Å². The second-order valence-electron chi connectivity index (χ2n) is 4.54. The predicted molar refractivity (Wildman–Crippen MR) is 84.5 cm³/mol. The number of nitrogens with zero attached hydrogens (tertiary/aromatic N) is 2. The van der Waals surface area contributed by atoms with Crippen molar-refractivity contribution >= 4 is 5.96 Å². The fraction of sp³-hybridized carbons (Fsp3) is 0.929. The summed E-state index contributed by atoms with van der Waals surface area (Å²) in [6.07, 6.45) is 0.926. The van der Waals surface area contributed by atoms with Crippen LogP contribution >= 0.6 is 0 Å². The molecule has 120 valence electrons. The normalized spacial score (nSPS) is 11.9. The first-order valence-electron chi connectivity index (χ1n) is 7.52. The first kappa shape index (κ1) is 19.1. The van der Waals surface area contributed by atoms with E-state index >= 15 is 0 Å². The fourth-order valence-corrected chi connectivity index (χ4v) is 1.47. The lowest BCUT2D eigenvalue weighted by Crippen LogP contribution is -2.41. The van der Waals surface area contributed by atoms with Gasteiger partial charge in [-0.15, -0.1) is 0 Å². The van der Waals surface area contributed by atoms with Crippen LogP contribution in [-0.4, -0.2) is 77.6 Å². The zero-order valence-electron chi connectivity index (χ0n) is 13.6. The Morgan fingerprint density at radius 1 is 1.15 bits per heavy atom. The summed E-state index contributed by atoms with van der Waals surface area (Å²) in [5.74, 6) is 0.883. The van der Waals surface area contributed by atoms with Crippen molar-refractivity contribution in [1.29, 1.82) is 0 Å². The molecule has 0 aliphatic heterocycles. The maximum absolute atomic E-state index is 5.40. The zero-order valence-corrected chi connectivity index (χ0v) is 13.6. The monoisotopic (exact) mass is 288 g/mol. The molecule has 0 atom stereocenters. The number of hydrogen-bond donors (Lipinski definition) is 2. The Hall–Kier alpha value is -0.850. The summed E-state index contributed by atoms with van der Waals surface area (Å²) >= 11 is 0. The van der Waals surface area contributed by atoms with Gasteiger partial charge in [-0.2, -0.15) is 0 Å². The quantitative estimate of drug-likeness (QED) is 0.312. The summed E-state index contributed by atoms with van der Waals surface area (Å²) in [5.41, 5.74) is 0. The lowest BCUT2D eigenvalue weighted by Gasteiger charge is -2.16. The molecule has 6 heteroatoms. The van der Waals surface area contributed by atoms with Gasteiger partial charge in [0.2, 0.25) is 0 Å². The summed E-state index contributed by atoms with van der Waals surface area (Å²) in [6, 6.07) is 0. The molecule has 0 radical (unpaired) electrons. The van der Waals surface area contributed by atoms with Crippen LogP contribution in [0.2, 0.25) is 0 Å². The molecular formula is C14H32N4O2. The minimum atomic E-state index is 0.651. The molecule has 0 bridgehead atoms. The van der Waals surface area contributed by atoms with E-state index in [1.807, 2.05) is 0 Å². The standard InChI is InChI=1S/C14H32N4O2/c1-5-15-14(17-9-10-18(3)6-2)16-8-7-11-20-13-12-19-4/h5-13H2,1-4H3,(H2,15,16,17). The van der Waals surface area contributed by atoms with Gasteiger partial charge in [-0.05, 0) is 26.9 Å². The molecule has 0 saturated carbocycles. The van der Waals surface area contributed by atoms with Gasteiger partial charge in [-0.1, -0.05) is 6.92 Å². The van der Waals surface area contributed by atoms with Gasteiger partial charge < -0.3 is 25.0 Å². The average Bonchev–Trinajstić information content (AvgIpc) is 2.46. The van der Waals surface area contributed by atoms with Crippen molar-refractivity contribution in [3.05, 3.63) is 0 Å². The van der Waals surface area contributed by atoms with Crippen LogP contribution in [0.3, 0.4) is 0 Å². The van der Waals surface area contributed by atoms with E-state index in [2.05, 4.69) is 41.4 Å². The highest BCUT2D eigenvalue weighted by Crippen LogP contribution is 1.86. The molecule has 0 rings (SSSR count). The summed E-state index contributed by atoms with van der Waals surface area (Å²) in [4.78, 5) is 6.78. The van der Waals surface area contributed by atoms with Crippen LogP contribution in [0.15, 0.2) is 4.99 Å². The Kier molecular flexibility index (Phi) is 13.9. The second kappa shape index (κ2) is 14.6. The summed E-state index contributed by atoms with van der Waals surface area (Å²) in [7, 11) is 3.79.